The van der Waals surface area contributed by atoms with Gasteiger partial charge < -0.3 is 5.73 Å². The number of rotatable bonds is 1. The van der Waals surface area contributed by atoms with Crippen LogP contribution < -0.4 is 5.73 Å². The maximum atomic E-state index is 6.11. The molecule has 0 atom stereocenters. The van der Waals surface area contributed by atoms with E-state index in [2.05, 4.69) is 0 Å². The zero-order chi connectivity index (χ0) is 11.7. The van der Waals surface area contributed by atoms with Crippen LogP contribution in [-0.4, -0.2) is 0 Å². The van der Waals surface area contributed by atoms with Crippen molar-refractivity contribution in [2.45, 2.75) is 0 Å². The summed E-state index contributed by atoms with van der Waals surface area (Å²) in [6, 6.07) is 10.7. The molecule has 0 aliphatic heterocycles. The molecule has 2 aromatic carbocycles. The average Bonchev–Trinajstić information content (AvgIpc) is 2.19. The molecule has 1 nitrogen and oxygen atoms in total. The maximum Gasteiger partial charge on any atom is 0.0514 e. The van der Waals surface area contributed by atoms with Gasteiger partial charge in [-0.2, -0.15) is 0 Å². The van der Waals surface area contributed by atoms with Crippen LogP contribution in [0.25, 0.3) is 11.1 Å². The standard InChI is InChI=1S/C12H8Cl3N/c13-8-5-10(14)12(11(15)6-8)7-1-3-9(16)4-2-7/h1-6H,16H2. The van der Waals surface area contributed by atoms with E-state index in [-0.39, 0.29) is 0 Å². The van der Waals surface area contributed by atoms with Gasteiger partial charge >= 0.3 is 0 Å². The van der Waals surface area contributed by atoms with Crippen molar-refractivity contribution in [1.82, 2.24) is 0 Å². The molecule has 2 N–H and O–H groups in total. The summed E-state index contributed by atoms with van der Waals surface area (Å²) < 4.78 is 0. The van der Waals surface area contributed by atoms with Gasteiger partial charge in [-0.3, -0.25) is 0 Å². The summed E-state index contributed by atoms with van der Waals surface area (Å²) in [5, 5.41) is 1.58. The van der Waals surface area contributed by atoms with Gasteiger partial charge in [0.1, 0.15) is 0 Å². The Balaban J connectivity index is 2.60. The third kappa shape index (κ3) is 2.27. The van der Waals surface area contributed by atoms with Gasteiger partial charge in [-0.15, -0.1) is 0 Å². The van der Waals surface area contributed by atoms with Crippen LogP contribution in [0.4, 0.5) is 5.69 Å². The molecule has 0 aromatic heterocycles. The van der Waals surface area contributed by atoms with Crippen LogP contribution in [0.5, 0.6) is 0 Å². The van der Waals surface area contributed by atoms with E-state index >= 15 is 0 Å². The van der Waals surface area contributed by atoms with Crippen molar-refractivity contribution >= 4 is 40.5 Å². The van der Waals surface area contributed by atoms with Crippen molar-refractivity contribution in [2.75, 3.05) is 5.73 Å². The van der Waals surface area contributed by atoms with Gasteiger partial charge in [-0.1, -0.05) is 46.9 Å². The number of nitrogen functional groups attached to an aromatic ring is 1. The monoisotopic (exact) mass is 271 g/mol. The summed E-state index contributed by atoms with van der Waals surface area (Å²) in [6.07, 6.45) is 0. The Morgan fingerprint density at radius 3 is 1.81 bits per heavy atom. The van der Waals surface area contributed by atoms with Crippen molar-refractivity contribution in [3.8, 4) is 11.1 Å². The van der Waals surface area contributed by atoms with Crippen molar-refractivity contribution in [1.29, 1.82) is 0 Å². The Kier molecular flexibility index (Phi) is 3.29. The molecule has 2 aromatic rings. The van der Waals surface area contributed by atoms with Crippen LogP contribution in [0.15, 0.2) is 36.4 Å². The largest absolute Gasteiger partial charge is 0.399 e. The van der Waals surface area contributed by atoms with Gasteiger partial charge in [-0.05, 0) is 29.8 Å². The number of nitrogens with two attached hydrogens (primary N) is 1. The Labute approximate surface area is 109 Å². The molecule has 82 valence electrons. The zero-order valence-electron chi connectivity index (χ0n) is 8.18. The fraction of sp³-hybridized carbons (Fsp3) is 0. The summed E-state index contributed by atoms with van der Waals surface area (Å²) in [4.78, 5) is 0. The van der Waals surface area contributed by atoms with Crippen LogP contribution in [0.1, 0.15) is 0 Å². The topological polar surface area (TPSA) is 26.0 Å². The molecule has 0 heterocycles. The second kappa shape index (κ2) is 4.54. The first-order chi connectivity index (χ1) is 7.58. The summed E-state index contributed by atoms with van der Waals surface area (Å²) >= 11 is 18.1. The van der Waals surface area contributed by atoms with E-state index in [9.17, 15) is 0 Å². The van der Waals surface area contributed by atoms with Crippen LogP contribution in [0.3, 0.4) is 0 Å². The summed E-state index contributed by atoms with van der Waals surface area (Å²) in [5.41, 5.74) is 8.01. The highest BCUT2D eigenvalue weighted by molar-refractivity contribution is 6.41. The molecule has 0 spiro atoms. The lowest BCUT2D eigenvalue weighted by Crippen LogP contribution is -1.86. The predicted molar refractivity (Wildman–Crippen MR) is 71.3 cm³/mol. The molecule has 4 heteroatoms. The smallest absolute Gasteiger partial charge is 0.0514 e. The molecule has 0 amide bonds. The van der Waals surface area contributed by atoms with Gasteiger partial charge in [0, 0.05) is 16.3 Å². The van der Waals surface area contributed by atoms with Gasteiger partial charge in [0.15, 0.2) is 0 Å². The van der Waals surface area contributed by atoms with Gasteiger partial charge in [0.05, 0.1) is 10.0 Å². The van der Waals surface area contributed by atoms with E-state index in [1.54, 1.807) is 24.3 Å². The molecule has 0 saturated heterocycles. The lowest BCUT2D eigenvalue weighted by Gasteiger charge is -2.08. The Hall–Kier alpha value is -0.890. The lowest BCUT2D eigenvalue weighted by molar-refractivity contribution is 1.61. The first kappa shape index (κ1) is 11.6. The molecular formula is C12H8Cl3N. The van der Waals surface area contributed by atoms with E-state index in [1.807, 2.05) is 12.1 Å². The van der Waals surface area contributed by atoms with Crippen LogP contribution in [-0.2, 0) is 0 Å². The number of hydrogen-bond donors (Lipinski definition) is 1. The highest BCUT2D eigenvalue weighted by Crippen LogP contribution is 2.37. The van der Waals surface area contributed by atoms with Crippen molar-refractivity contribution in [3.05, 3.63) is 51.5 Å². The minimum atomic E-state index is 0.522. The molecule has 0 bridgehead atoms. The average molecular weight is 273 g/mol. The van der Waals surface area contributed by atoms with E-state index in [1.165, 1.54) is 0 Å². The van der Waals surface area contributed by atoms with E-state index in [0.717, 1.165) is 11.1 Å². The number of hydrogen-bond acceptors (Lipinski definition) is 1. The second-order valence-corrected chi connectivity index (χ2v) is 4.62. The third-order valence-electron chi connectivity index (χ3n) is 2.21. The van der Waals surface area contributed by atoms with E-state index in [0.29, 0.717) is 20.8 Å². The zero-order valence-corrected chi connectivity index (χ0v) is 10.4. The van der Waals surface area contributed by atoms with Crippen LogP contribution >= 0.6 is 34.8 Å². The first-order valence-corrected chi connectivity index (χ1v) is 5.72. The van der Waals surface area contributed by atoms with Crippen molar-refractivity contribution in [3.63, 3.8) is 0 Å². The molecular weight excluding hydrogens is 264 g/mol. The highest BCUT2D eigenvalue weighted by atomic mass is 35.5. The number of halogens is 3. The minimum Gasteiger partial charge on any atom is -0.399 e. The molecule has 0 aliphatic carbocycles. The van der Waals surface area contributed by atoms with E-state index < -0.39 is 0 Å². The Morgan fingerprint density at radius 1 is 0.812 bits per heavy atom. The van der Waals surface area contributed by atoms with Gasteiger partial charge in [0.2, 0.25) is 0 Å². The lowest BCUT2D eigenvalue weighted by atomic mass is 10.1. The molecule has 2 rings (SSSR count). The molecule has 0 fully saturated rings. The van der Waals surface area contributed by atoms with Crippen molar-refractivity contribution < 1.29 is 0 Å². The minimum absolute atomic E-state index is 0.522. The van der Waals surface area contributed by atoms with Gasteiger partial charge in [0.25, 0.3) is 0 Å². The number of benzene rings is 2. The highest BCUT2D eigenvalue weighted by Gasteiger charge is 2.09. The SMILES string of the molecule is Nc1ccc(-c2c(Cl)cc(Cl)cc2Cl)cc1. The molecule has 16 heavy (non-hydrogen) atoms. The number of anilines is 1. The molecule has 0 saturated carbocycles. The second-order valence-electron chi connectivity index (χ2n) is 3.37. The maximum absolute atomic E-state index is 6.11. The Morgan fingerprint density at radius 2 is 1.31 bits per heavy atom. The summed E-state index contributed by atoms with van der Waals surface area (Å²) in [7, 11) is 0. The Bertz CT molecular complexity index is 497. The molecule has 0 radical (unpaired) electrons. The van der Waals surface area contributed by atoms with Crippen LogP contribution in [0, 0.1) is 0 Å². The van der Waals surface area contributed by atoms with Crippen LogP contribution in [0.2, 0.25) is 15.1 Å². The molecule has 0 unspecified atom stereocenters. The third-order valence-corrected chi connectivity index (χ3v) is 3.02. The predicted octanol–water partition coefficient (Wildman–Crippen LogP) is 4.90. The quantitative estimate of drug-likeness (QED) is 0.734. The first-order valence-electron chi connectivity index (χ1n) is 4.58. The normalized spacial score (nSPS) is 10.4. The summed E-state index contributed by atoms with van der Waals surface area (Å²) in [5.74, 6) is 0. The van der Waals surface area contributed by atoms with Crippen molar-refractivity contribution in [2.24, 2.45) is 0 Å². The fourth-order valence-corrected chi connectivity index (χ4v) is 2.50. The fourth-order valence-electron chi connectivity index (χ4n) is 1.47. The molecule has 0 aliphatic rings. The summed E-state index contributed by atoms with van der Waals surface area (Å²) in [6.45, 7) is 0. The van der Waals surface area contributed by atoms with Gasteiger partial charge in [-0.25, -0.2) is 0 Å². The van der Waals surface area contributed by atoms with E-state index in [4.69, 9.17) is 40.5 Å².